The molecule has 0 radical (unpaired) electrons. The fourth-order valence-corrected chi connectivity index (χ4v) is 0. The Morgan fingerprint density at radius 3 is 0.667 bits per heavy atom. The zero-order valence-electron chi connectivity index (χ0n) is 6.57. The first-order valence-electron chi connectivity index (χ1n) is 1.00. The molecule has 0 unspecified atom stereocenters. The van der Waals surface area contributed by atoms with Crippen LogP contribution in [-0.2, 0) is 45.1 Å². The van der Waals surface area contributed by atoms with Crippen LogP contribution in [0.15, 0.2) is 0 Å². The SMILES string of the molecule is O=S([O-])[O-].O=S([O-])[O-].[Au+].[Na+].[Na+].[Na+]. The van der Waals surface area contributed by atoms with Crippen molar-refractivity contribution in [1.29, 1.82) is 0 Å². The summed E-state index contributed by atoms with van der Waals surface area (Å²) in [6.07, 6.45) is 0. The van der Waals surface area contributed by atoms with Crippen LogP contribution >= 0.6 is 0 Å². The first kappa shape index (κ1) is 36.0. The molecule has 0 aromatic rings. The van der Waals surface area contributed by atoms with E-state index in [2.05, 4.69) is 0 Å². The van der Waals surface area contributed by atoms with E-state index in [1.54, 1.807) is 0 Å². The van der Waals surface area contributed by atoms with Crippen molar-refractivity contribution in [2.24, 2.45) is 0 Å². The average Bonchev–Trinajstić information content (AvgIpc) is 1.25. The van der Waals surface area contributed by atoms with E-state index in [-0.39, 0.29) is 111 Å². The van der Waals surface area contributed by atoms with Gasteiger partial charge in [0.25, 0.3) is 0 Å². The van der Waals surface area contributed by atoms with Gasteiger partial charge in [-0.3, -0.25) is 8.42 Å². The minimum Gasteiger partial charge on any atom is -0.784 e. The molecule has 0 saturated heterocycles. The van der Waals surface area contributed by atoms with Crippen molar-refractivity contribution >= 4 is 22.7 Å². The summed E-state index contributed by atoms with van der Waals surface area (Å²) in [6, 6.07) is 0. The molecular formula is AuNa3O6S2. The van der Waals surface area contributed by atoms with Gasteiger partial charge in [-0.2, -0.15) is 0 Å². The predicted octanol–water partition coefficient (Wildman–Crippen LogP) is -11.0. The van der Waals surface area contributed by atoms with Crippen LogP contribution in [0.2, 0.25) is 0 Å². The van der Waals surface area contributed by atoms with Gasteiger partial charge in [0, 0.05) is 0 Å². The third kappa shape index (κ3) is 153. The van der Waals surface area contributed by atoms with Crippen molar-refractivity contribution in [2.75, 3.05) is 0 Å². The Labute approximate surface area is 157 Å². The van der Waals surface area contributed by atoms with Gasteiger partial charge >= 0.3 is 111 Å². The summed E-state index contributed by atoms with van der Waals surface area (Å²) < 4.78 is 50.7. The maximum Gasteiger partial charge on any atom is 1.00 e. The van der Waals surface area contributed by atoms with E-state index in [1.165, 1.54) is 0 Å². The van der Waals surface area contributed by atoms with E-state index in [0.29, 0.717) is 0 Å². The van der Waals surface area contributed by atoms with Crippen molar-refractivity contribution in [1.82, 2.24) is 0 Å². The molecule has 62 valence electrons. The van der Waals surface area contributed by atoms with Crippen molar-refractivity contribution in [3.8, 4) is 0 Å². The smallest absolute Gasteiger partial charge is 0.784 e. The van der Waals surface area contributed by atoms with Crippen LogP contribution in [0.3, 0.4) is 0 Å². The van der Waals surface area contributed by atoms with Crippen LogP contribution in [0.25, 0.3) is 0 Å². The fourth-order valence-electron chi connectivity index (χ4n) is 0. The Morgan fingerprint density at radius 2 is 0.667 bits per heavy atom. The van der Waals surface area contributed by atoms with E-state index < -0.39 is 22.7 Å². The molecule has 0 N–H and O–H groups in total. The third-order valence-corrected chi connectivity index (χ3v) is 0. The van der Waals surface area contributed by atoms with Gasteiger partial charge in [-0.1, -0.05) is 0 Å². The van der Waals surface area contributed by atoms with Gasteiger partial charge in [0.05, 0.1) is 0 Å². The van der Waals surface area contributed by atoms with Gasteiger partial charge in [0.2, 0.25) is 0 Å². The Hall–Kier alpha value is 3.88. The summed E-state index contributed by atoms with van der Waals surface area (Å²) in [4.78, 5) is 0. The Balaban J connectivity index is -0.0000000112. The second-order valence-electron chi connectivity index (χ2n) is 0.408. The molecule has 0 heterocycles. The molecule has 0 aromatic heterocycles. The second-order valence-corrected chi connectivity index (χ2v) is 1.22. The van der Waals surface area contributed by atoms with Crippen LogP contribution in [0, 0.1) is 0 Å². The first-order chi connectivity index (χ1) is 3.46. The van der Waals surface area contributed by atoms with Crippen LogP contribution in [0.4, 0.5) is 0 Å². The molecule has 0 spiro atoms. The number of hydrogen-bond acceptors (Lipinski definition) is 6. The minimum atomic E-state index is -3.11. The van der Waals surface area contributed by atoms with Crippen molar-refractivity contribution in [3.05, 3.63) is 0 Å². The molecule has 0 atom stereocenters. The van der Waals surface area contributed by atoms with Crippen LogP contribution in [0.5, 0.6) is 0 Å². The predicted molar refractivity (Wildman–Crippen MR) is 19.4 cm³/mol. The molecule has 0 bridgehead atoms. The summed E-state index contributed by atoms with van der Waals surface area (Å²) in [5.74, 6) is 0. The molecule has 6 nitrogen and oxygen atoms in total. The molecule has 0 amide bonds. The van der Waals surface area contributed by atoms with E-state index in [0.717, 1.165) is 0 Å². The van der Waals surface area contributed by atoms with Crippen molar-refractivity contribution < 1.29 is 138 Å². The molecule has 12 heteroatoms. The van der Waals surface area contributed by atoms with E-state index in [1.807, 2.05) is 0 Å². The molecule has 0 rings (SSSR count). The summed E-state index contributed by atoms with van der Waals surface area (Å²) in [7, 11) is 0. The minimum absolute atomic E-state index is 0. The Morgan fingerprint density at radius 1 is 0.667 bits per heavy atom. The van der Waals surface area contributed by atoms with Gasteiger partial charge in [-0.05, 0) is 0 Å². The molecular weight excluding hydrogens is 426 g/mol. The van der Waals surface area contributed by atoms with Gasteiger partial charge < -0.3 is 18.2 Å². The van der Waals surface area contributed by atoms with Gasteiger partial charge in [-0.25, -0.2) is 0 Å². The van der Waals surface area contributed by atoms with Crippen LogP contribution in [0.1, 0.15) is 0 Å². The summed E-state index contributed by atoms with van der Waals surface area (Å²) in [5.41, 5.74) is 0. The average molecular weight is 426 g/mol. The largest absolute Gasteiger partial charge is 1.00 e. The molecule has 0 aliphatic rings. The van der Waals surface area contributed by atoms with Gasteiger partial charge in [-0.15, -0.1) is 22.7 Å². The molecule has 0 aromatic carbocycles. The fraction of sp³-hybridized carbons (Fsp3) is 0. The Kier molecular flexibility index (Phi) is 88.2. The van der Waals surface area contributed by atoms with Crippen LogP contribution in [-0.4, -0.2) is 26.6 Å². The summed E-state index contributed by atoms with van der Waals surface area (Å²) in [5, 5.41) is 0. The maximum atomic E-state index is 8.44. The monoisotopic (exact) mass is 426 g/mol. The molecule has 0 saturated carbocycles. The quantitative estimate of drug-likeness (QED) is 0.280. The van der Waals surface area contributed by atoms with Gasteiger partial charge in [0.1, 0.15) is 0 Å². The summed E-state index contributed by atoms with van der Waals surface area (Å²) >= 11 is -6.22. The molecule has 0 aliphatic carbocycles. The van der Waals surface area contributed by atoms with E-state index >= 15 is 0 Å². The Bertz CT molecular complexity index is 78.8. The number of rotatable bonds is 0. The zero-order chi connectivity index (χ0) is 7.15. The standard InChI is InChI=1S/Au.3Na.2H2O3S/c;;;;2*1-4(2)3/h;;;;2*(H2,1,2,3)/q4*+1;;/p-4. The molecule has 0 fully saturated rings. The van der Waals surface area contributed by atoms with E-state index in [4.69, 9.17) is 26.6 Å². The molecule has 12 heavy (non-hydrogen) atoms. The second kappa shape index (κ2) is 29.4. The van der Waals surface area contributed by atoms with Crippen LogP contribution < -0.4 is 88.7 Å². The zero-order valence-corrected chi connectivity index (χ0v) is 16.4. The normalized spacial score (nSPS) is 5.83. The van der Waals surface area contributed by atoms with Crippen molar-refractivity contribution in [2.45, 2.75) is 0 Å². The third-order valence-electron chi connectivity index (χ3n) is 0. The first-order valence-corrected chi connectivity index (χ1v) is 3.00. The van der Waals surface area contributed by atoms with E-state index in [9.17, 15) is 0 Å². The molecule has 0 aliphatic heterocycles. The van der Waals surface area contributed by atoms with Crippen molar-refractivity contribution in [3.63, 3.8) is 0 Å². The van der Waals surface area contributed by atoms with Gasteiger partial charge in [0.15, 0.2) is 0 Å². The number of hydrogen-bond donors (Lipinski definition) is 0. The summed E-state index contributed by atoms with van der Waals surface area (Å²) in [6.45, 7) is 0. The maximum absolute atomic E-state index is 8.44. The topological polar surface area (TPSA) is 126 Å².